The van der Waals surface area contributed by atoms with Crippen molar-refractivity contribution in [3.63, 3.8) is 0 Å². The van der Waals surface area contributed by atoms with Crippen LogP contribution < -0.4 is 0 Å². The summed E-state index contributed by atoms with van der Waals surface area (Å²) in [6, 6.07) is 40.4. The van der Waals surface area contributed by atoms with Gasteiger partial charge in [0.2, 0.25) is 0 Å². The Balaban J connectivity index is 1.39. The monoisotopic (exact) mass is 451 g/mol. The summed E-state index contributed by atoms with van der Waals surface area (Å²) in [6.45, 7) is 0. The molecule has 7 rings (SSSR count). The van der Waals surface area contributed by atoms with Crippen LogP contribution in [0.25, 0.3) is 33.9 Å². The Morgan fingerprint density at radius 1 is 0.743 bits per heavy atom. The molecule has 2 aliphatic rings. The van der Waals surface area contributed by atoms with Gasteiger partial charge in [-0.1, -0.05) is 109 Å². The molecular formula is C33H25NO. The van der Waals surface area contributed by atoms with Gasteiger partial charge in [0.25, 0.3) is 0 Å². The first-order valence-electron chi connectivity index (χ1n) is 12.3. The topological polar surface area (TPSA) is 22.1 Å². The molecule has 1 aliphatic carbocycles. The van der Waals surface area contributed by atoms with Crippen molar-refractivity contribution in [3.8, 4) is 11.3 Å². The van der Waals surface area contributed by atoms with Gasteiger partial charge >= 0.3 is 0 Å². The molecule has 1 saturated carbocycles. The maximum Gasteiger partial charge on any atom is 0.136 e. The van der Waals surface area contributed by atoms with Crippen molar-refractivity contribution in [2.45, 2.75) is 24.4 Å². The summed E-state index contributed by atoms with van der Waals surface area (Å²) in [5.41, 5.74) is 6.81. The first-order chi connectivity index (χ1) is 17.3. The number of nitrogens with zero attached hydrogens (tertiary/aromatic N) is 1. The van der Waals surface area contributed by atoms with Gasteiger partial charge in [0.05, 0.1) is 16.8 Å². The first-order valence-corrected chi connectivity index (χ1v) is 12.3. The Hall–Kier alpha value is -4.17. The predicted molar refractivity (Wildman–Crippen MR) is 143 cm³/mol. The summed E-state index contributed by atoms with van der Waals surface area (Å²) in [7, 11) is 0. The zero-order valence-electron chi connectivity index (χ0n) is 19.4. The van der Waals surface area contributed by atoms with Crippen molar-refractivity contribution in [2.24, 2.45) is 0 Å². The molecule has 2 heteroatoms. The van der Waals surface area contributed by atoms with E-state index < -0.39 is 0 Å². The fraction of sp³-hybridized carbons (Fsp3) is 0.121. The normalized spacial score (nSPS) is 18.9. The number of rotatable bonds is 4. The van der Waals surface area contributed by atoms with Crippen molar-refractivity contribution in [2.75, 3.05) is 0 Å². The zero-order chi connectivity index (χ0) is 23.2. The van der Waals surface area contributed by atoms with Crippen LogP contribution in [0, 0.1) is 0 Å². The molecule has 168 valence electrons. The van der Waals surface area contributed by atoms with Gasteiger partial charge in [-0.25, -0.2) is 0 Å². The van der Waals surface area contributed by atoms with Gasteiger partial charge in [0, 0.05) is 22.1 Å². The van der Waals surface area contributed by atoms with Gasteiger partial charge in [-0.15, -0.1) is 0 Å². The molecule has 1 aromatic heterocycles. The molecule has 2 nitrogen and oxygen atoms in total. The van der Waals surface area contributed by atoms with Crippen molar-refractivity contribution in [1.82, 2.24) is 4.98 Å². The van der Waals surface area contributed by atoms with E-state index in [9.17, 15) is 0 Å². The van der Waals surface area contributed by atoms with Crippen LogP contribution in [0.2, 0.25) is 0 Å². The van der Waals surface area contributed by atoms with Crippen molar-refractivity contribution >= 4 is 22.6 Å². The largest absolute Gasteiger partial charge is 0.484 e. The molecular weight excluding hydrogens is 426 g/mol. The molecule has 35 heavy (non-hydrogen) atoms. The SMILES string of the molecule is C(=C1/O[C@H](C2(c3nc(-c4ccccc4)cc4ccccc34)CC2)c2ccccc21)/c1ccccc1. The maximum atomic E-state index is 6.83. The molecule has 4 aromatic carbocycles. The lowest BCUT2D eigenvalue weighted by Gasteiger charge is -2.25. The first kappa shape index (κ1) is 20.2. The molecule has 5 aromatic rings. The summed E-state index contributed by atoms with van der Waals surface area (Å²) in [4.78, 5) is 5.33. The van der Waals surface area contributed by atoms with Crippen LogP contribution in [0.1, 0.15) is 41.3 Å². The number of aromatic nitrogens is 1. The van der Waals surface area contributed by atoms with Crippen LogP contribution >= 0.6 is 0 Å². The summed E-state index contributed by atoms with van der Waals surface area (Å²) < 4.78 is 6.83. The van der Waals surface area contributed by atoms with Crippen LogP contribution in [-0.4, -0.2) is 4.98 Å². The molecule has 0 amide bonds. The fourth-order valence-electron chi connectivity index (χ4n) is 5.52. The summed E-state index contributed by atoms with van der Waals surface area (Å²) >= 11 is 0. The molecule has 0 bridgehead atoms. The molecule has 0 saturated heterocycles. The third kappa shape index (κ3) is 3.37. The number of fused-ring (bicyclic) bond motifs is 2. The second-order valence-electron chi connectivity index (χ2n) is 9.60. The van der Waals surface area contributed by atoms with Crippen LogP contribution in [-0.2, 0) is 10.2 Å². The third-order valence-corrected chi connectivity index (χ3v) is 7.42. The molecule has 1 fully saturated rings. The Morgan fingerprint density at radius 3 is 2.23 bits per heavy atom. The van der Waals surface area contributed by atoms with Crippen molar-refractivity contribution in [1.29, 1.82) is 0 Å². The van der Waals surface area contributed by atoms with Crippen LogP contribution in [0.15, 0.2) is 115 Å². The molecule has 0 unspecified atom stereocenters. The Morgan fingerprint density at radius 2 is 1.43 bits per heavy atom. The van der Waals surface area contributed by atoms with Gasteiger partial charge in [-0.05, 0) is 35.9 Å². The van der Waals surface area contributed by atoms with Crippen LogP contribution in [0.4, 0.5) is 0 Å². The third-order valence-electron chi connectivity index (χ3n) is 7.42. The van der Waals surface area contributed by atoms with Gasteiger partial charge in [-0.3, -0.25) is 4.98 Å². The summed E-state index contributed by atoms with van der Waals surface area (Å²) in [5.74, 6) is 0.951. The highest BCUT2D eigenvalue weighted by molar-refractivity contribution is 5.90. The zero-order valence-corrected chi connectivity index (χ0v) is 19.4. The van der Waals surface area contributed by atoms with Gasteiger partial charge < -0.3 is 4.74 Å². The van der Waals surface area contributed by atoms with E-state index >= 15 is 0 Å². The summed E-state index contributed by atoms with van der Waals surface area (Å²) in [5, 5.41) is 2.46. The molecule has 0 N–H and O–H groups in total. The van der Waals surface area contributed by atoms with E-state index in [0.717, 1.165) is 41.1 Å². The molecule has 1 atom stereocenters. The van der Waals surface area contributed by atoms with E-state index in [1.807, 2.05) is 6.07 Å². The Bertz CT molecular complexity index is 1570. The lowest BCUT2D eigenvalue weighted by molar-refractivity contribution is 0.144. The van der Waals surface area contributed by atoms with Gasteiger partial charge in [-0.2, -0.15) is 0 Å². The molecule has 1 aliphatic heterocycles. The predicted octanol–water partition coefficient (Wildman–Crippen LogP) is 8.20. The highest BCUT2D eigenvalue weighted by atomic mass is 16.5. The lowest BCUT2D eigenvalue weighted by Crippen LogP contribution is -2.20. The highest BCUT2D eigenvalue weighted by Gasteiger charge is 2.57. The van der Waals surface area contributed by atoms with Crippen molar-refractivity contribution < 1.29 is 4.74 Å². The lowest BCUT2D eigenvalue weighted by atomic mass is 9.86. The van der Waals surface area contributed by atoms with E-state index in [0.29, 0.717) is 0 Å². The standard InChI is InChI=1S/C33H25NO/c1-3-11-23(12-4-1)21-30-27-17-9-10-18-28(27)32(35-30)33(19-20-33)31-26-16-8-7-15-25(26)22-29(34-31)24-13-5-2-6-14-24/h1-18,21-22,32H,19-20H2/b30-21-/t32-/m0/s1. The minimum atomic E-state index is -0.132. The molecule has 0 spiro atoms. The van der Waals surface area contributed by atoms with E-state index in [1.165, 1.54) is 21.9 Å². The Labute approximate surface area is 205 Å². The number of hydrogen-bond donors (Lipinski definition) is 0. The van der Waals surface area contributed by atoms with Gasteiger partial charge in [0.1, 0.15) is 11.9 Å². The number of ether oxygens (including phenoxy) is 1. The quantitative estimate of drug-likeness (QED) is 0.275. The van der Waals surface area contributed by atoms with Crippen molar-refractivity contribution in [3.05, 3.63) is 138 Å². The minimum Gasteiger partial charge on any atom is -0.484 e. The molecule has 0 radical (unpaired) electrons. The second-order valence-corrected chi connectivity index (χ2v) is 9.60. The maximum absolute atomic E-state index is 6.83. The smallest absolute Gasteiger partial charge is 0.136 e. The summed E-state index contributed by atoms with van der Waals surface area (Å²) in [6.07, 6.45) is 4.26. The number of hydrogen-bond acceptors (Lipinski definition) is 2. The minimum absolute atomic E-state index is 0.0457. The number of pyridine rings is 1. The highest BCUT2D eigenvalue weighted by Crippen LogP contribution is 2.62. The Kier molecular flexibility index (Phi) is 4.60. The number of benzene rings is 4. The van der Waals surface area contributed by atoms with E-state index in [1.54, 1.807) is 0 Å². The average molecular weight is 452 g/mol. The van der Waals surface area contributed by atoms with E-state index in [4.69, 9.17) is 9.72 Å². The van der Waals surface area contributed by atoms with E-state index in [-0.39, 0.29) is 11.5 Å². The fourth-order valence-corrected chi connectivity index (χ4v) is 5.52. The van der Waals surface area contributed by atoms with Crippen LogP contribution in [0.5, 0.6) is 0 Å². The van der Waals surface area contributed by atoms with E-state index in [2.05, 4.69) is 115 Å². The van der Waals surface area contributed by atoms with Gasteiger partial charge in [0.15, 0.2) is 0 Å². The average Bonchev–Trinajstić information content (AvgIpc) is 3.65. The van der Waals surface area contributed by atoms with Crippen LogP contribution in [0.3, 0.4) is 0 Å². The second kappa shape index (κ2) is 7.95. The molecule has 2 heterocycles.